The van der Waals surface area contributed by atoms with Crippen LogP contribution in [0.2, 0.25) is 0 Å². The standard InChI is InChI=1S/C16H24N4O2S/c1-10-14(15(23-18-10)17-11-3-4-11)16(21)20-7-8-22-13-5-6-19(2)9-12(13)20/h11-13,17H,3-9H2,1-2H3. The first kappa shape index (κ1) is 15.4. The van der Waals surface area contributed by atoms with Gasteiger partial charge >= 0.3 is 0 Å². The first-order chi connectivity index (χ1) is 11.1. The summed E-state index contributed by atoms with van der Waals surface area (Å²) in [4.78, 5) is 17.6. The van der Waals surface area contributed by atoms with E-state index in [2.05, 4.69) is 21.6 Å². The van der Waals surface area contributed by atoms with Gasteiger partial charge in [-0.3, -0.25) is 4.79 Å². The second-order valence-corrected chi connectivity index (χ2v) is 7.69. The number of hydrogen-bond acceptors (Lipinski definition) is 6. The molecule has 1 N–H and O–H groups in total. The van der Waals surface area contributed by atoms with Gasteiger partial charge in [-0.25, -0.2) is 0 Å². The van der Waals surface area contributed by atoms with E-state index >= 15 is 0 Å². The Morgan fingerprint density at radius 2 is 2.17 bits per heavy atom. The van der Waals surface area contributed by atoms with Crippen molar-refractivity contribution in [2.24, 2.45) is 0 Å². The van der Waals surface area contributed by atoms with Gasteiger partial charge < -0.3 is 19.9 Å². The summed E-state index contributed by atoms with van der Waals surface area (Å²) < 4.78 is 10.3. The minimum atomic E-state index is 0.119. The quantitative estimate of drug-likeness (QED) is 0.908. The van der Waals surface area contributed by atoms with Crippen LogP contribution in [0, 0.1) is 6.92 Å². The highest BCUT2D eigenvalue weighted by molar-refractivity contribution is 7.10. The fraction of sp³-hybridized carbons (Fsp3) is 0.750. The maximum atomic E-state index is 13.2. The van der Waals surface area contributed by atoms with E-state index in [0.717, 1.165) is 35.8 Å². The summed E-state index contributed by atoms with van der Waals surface area (Å²) in [6.45, 7) is 5.17. The topological polar surface area (TPSA) is 57.7 Å². The second-order valence-electron chi connectivity index (χ2n) is 6.92. The molecule has 3 heterocycles. The van der Waals surface area contributed by atoms with Gasteiger partial charge in [-0.1, -0.05) is 0 Å². The number of piperidine rings is 1. The van der Waals surface area contributed by atoms with Gasteiger partial charge in [0.2, 0.25) is 0 Å². The van der Waals surface area contributed by atoms with Crippen LogP contribution in [0.1, 0.15) is 35.3 Å². The average Bonchev–Trinajstić information content (AvgIpc) is 3.28. The van der Waals surface area contributed by atoms with Crippen molar-refractivity contribution in [1.29, 1.82) is 0 Å². The summed E-state index contributed by atoms with van der Waals surface area (Å²) in [5.41, 5.74) is 1.62. The molecule has 4 rings (SSSR count). The molecule has 0 aromatic carbocycles. The van der Waals surface area contributed by atoms with Crippen molar-refractivity contribution in [1.82, 2.24) is 14.2 Å². The number of nitrogens with one attached hydrogen (secondary N) is 1. The number of aryl methyl sites for hydroxylation is 1. The summed E-state index contributed by atoms with van der Waals surface area (Å²) in [5, 5.41) is 4.42. The van der Waals surface area contributed by atoms with Crippen molar-refractivity contribution < 1.29 is 9.53 Å². The van der Waals surface area contributed by atoms with Crippen LogP contribution in [0.5, 0.6) is 0 Å². The molecule has 23 heavy (non-hydrogen) atoms. The van der Waals surface area contributed by atoms with Crippen molar-refractivity contribution in [3.8, 4) is 0 Å². The van der Waals surface area contributed by atoms with E-state index in [1.165, 1.54) is 24.4 Å². The van der Waals surface area contributed by atoms with Crippen molar-refractivity contribution in [2.45, 2.75) is 44.4 Å². The Bertz CT molecular complexity index is 601. The van der Waals surface area contributed by atoms with Crippen molar-refractivity contribution in [3.05, 3.63) is 11.3 Å². The van der Waals surface area contributed by atoms with Crippen LogP contribution in [-0.2, 0) is 4.74 Å². The minimum Gasteiger partial charge on any atom is -0.374 e. The number of likely N-dealkylation sites (N-methyl/N-ethyl adjacent to an activating group) is 1. The van der Waals surface area contributed by atoms with Crippen LogP contribution >= 0.6 is 11.5 Å². The summed E-state index contributed by atoms with van der Waals surface area (Å²) in [6.07, 6.45) is 3.56. The first-order valence-corrected chi connectivity index (χ1v) is 9.24. The second kappa shape index (κ2) is 6.03. The smallest absolute Gasteiger partial charge is 0.259 e. The Morgan fingerprint density at radius 3 is 2.96 bits per heavy atom. The molecule has 0 spiro atoms. The lowest BCUT2D eigenvalue weighted by atomic mass is 9.98. The van der Waals surface area contributed by atoms with Crippen LogP contribution < -0.4 is 5.32 Å². The molecule has 1 aliphatic carbocycles. The number of carbonyl (C=O) groups excluding carboxylic acids is 1. The van der Waals surface area contributed by atoms with Crippen molar-refractivity contribution >= 4 is 22.4 Å². The SMILES string of the molecule is Cc1nsc(NC2CC2)c1C(=O)N1CCOC2CCN(C)CC21. The van der Waals surface area contributed by atoms with Gasteiger partial charge in [-0.2, -0.15) is 4.37 Å². The van der Waals surface area contributed by atoms with Crippen molar-refractivity contribution in [2.75, 3.05) is 38.6 Å². The lowest BCUT2D eigenvalue weighted by Crippen LogP contribution is -2.60. The van der Waals surface area contributed by atoms with E-state index in [1.807, 2.05) is 11.8 Å². The molecule has 2 unspecified atom stereocenters. The van der Waals surface area contributed by atoms with Crippen molar-refractivity contribution in [3.63, 3.8) is 0 Å². The van der Waals surface area contributed by atoms with Crippen LogP contribution in [0.15, 0.2) is 0 Å². The molecule has 1 aromatic heterocycles. The molecule has 1 aromatic rings. The first-order valence-electron chi connectivity index (χ1n) is 8.47. The number of amides is 1. The van der Waals surface area contributed by atoms with E-state index < -0.39 is 0 Å². The summed E-state index contributed by atoms with van der Waals surface area (Å²) >= 11 is 1.42. The third-order valence-corrected chi connectivity index (χ3v) is 5.91. The number of morpholine rings is 1. The Hall–Kier alpha value is -1.18. The number of hydrogen-bond donors (Lipinski definition) is 1. The Labute approximate surface area is 141 Å². The lowest BCUT2D eigenvalue weighted by Gasteiger charge is -2.46. The number of anilines is 1. The number of likely N-dealkylation sites (tertiary alicyclic amines) is 1. The van der Waals surface area contributed by atoms with Crippen LogP contribution in [0.25, 0.3) is 0 Å². The maximum Gasteiger partial charge on any atom is 0.259 e. The highest BCUT2D eigenvalue weighted by Crippen LogP contribution is 2.33. The monoisotopic (exact) mass is 336 g/mol. The Kier molecular flexibility index (Phi) is 4.03. The van der Waals surface area contributed by atoms with E-state index in [1.54, 1.807) is 0 Å². The minimum absolute atomic E-state index is 0.119. The highest BCUT2D eigenvalue weighted by atomic mass is 32.1. The third-order valence-electron chi connectivity index (χ3n) is 5.04. The zero-order valence-electron chi connectivity index (χ0n) is 13.7. The summed E-state index contributed by atoms with van der Waals surface area (Å²) in [5.74, 6) is 0.119. The predicted octanol–water partition coefficient (Wildman–Crippen LogP) is 1.57. The molecule has 1 amide bonds. The number of aromatic nitrogens is 1. The summed E-state index contributed by atoms with van der Waals surface area (Å²) in [6, 6.07) is 0.683. The van der Waals surface area contributed by atoms with Crippen LogP contribution in [0.3, 0.4) is 0 Å². The maximum absolute atomic E-state index is 13.2. The molecule has 126 valence electrons. The van der Waals surface area contributed by atoms with E-state index in [4.69, 9.17) is 4.74 Å². The third kappa shape index (κ3) is 2.97. The average molecular weight is 336 g/mol. The van der Waals surface area contributed by atoms with E-state index in [-0.39, 0.29) is 18.1 Å². The molecule has 2 atom stereocenters. The van der Waals surface area contributed by atoms with Crippen LogP contribution in [-0.4, -0.2) is 71.6 Å². The highest BCUT2D eigenvalue weighted by Gasteiger charge is 2.40. The molecule has 1 saturated carbocycles. The van der Waals surface area contributed by atoms with Gasteiger partial charge in [0.05, 0.1) is 30.0 Å². The van der Waals surface area contributed by atoms with Gasteiger partial charge in [0.15, 0.2) is 0 Å². The number of carbonyl (C=O) groups is 1. The number of nitrogens with zero attached hydrogens (tertiary/aromatic N) is 3. The largest absolute Gasteiger partial charge is 0.374 e. The van der Waals surface area contributed by atoms with Gasteiger partial charge in [0, 0.05) is 25.7 Å². The van der Waals surface area contributed by atoms with Gasteiger partial charge in [0.1, 0.15) is 5.00 Å². The molecule has 3 aliphatic rings. The fourth-order valence-corrected chi connectivity index (χ4v) is 4.42. The zero-order chi connectivity index (χ0) is 16.0. The molecule has 7 heteroatoms. The molecular formula is C16H24N4O2S. The normalized spacial score (nSPS) is 28.5. The number of rotatable bonds is 3. The zero-order valence-corrected chi connectivity index (χ0v) is 14.6. The number of ether oxygens (including phenoxy) is 1. The van der Waals surface area contributed by atoms with Gasteiger partial charge in [0.25, 0.3) is 5.91 Å². The predicted molar refractivity (Wildman–Crippen MR) is 90.2 cm³/mol. The van der Waals surface area contributed by atoms with E-state index in [9.17, 15) is 4.79 Å². The Morgan fingerprint density at radius 1 is 1.35 bits per heavy atom. The Balaban J connectivity index is 1.58. The molecular weight excluding hydrogens is 312 g/mol. The van der Waals surface area contributed by atoms with E-state index in [0.29, 0.717) is 19.2 Å². The van der Waals surface area contributed by atoms with Gasteiger partial charge in [-0.05, 0) is 44.8 Å². The fourth-order valence-electron chi connectivity index (χ4n) is 3.56. The summed E-state index contributed by atoms with van der Waals surface area (Å²) in [7, 11) is 2.12. The number of fused-ring (bicyclic) bond motifs is 1. The molecule has 0 radical (unpaired) electrons. The van der Waals surface area contributed by atoms with Crippen LogP contribution in [0.4, 0.5) is 5.00 Å². The molecule has 2 aliphatic heterocycles. The molecule has 3 fully saturated rings. The molecule has 0 bridgehead atoms. The molecule has 2 saturated heterocycles. The molecule has 6 nitrogen and oxygen atoms in total. The van der Waals surface area contributed by atoms with Gasteiger partial charge in [-0.15, -0.1) is 0 Å². The lowest BCUT2D eigenvalue weighted by molar-refractivity contribution is -0.0869.